The van der Waals surface area contributed by atoms with Gasteiger partial charge in [0.1, 0.15) is 0 Å². The Labute approximate surface area is 129 Å². The molecule has 0 aromatic heterocycles. The van der Waals surface area contributed by atoms with Gasteiger partial charge in [0, 0.05) is 18.3 Å². The summed E-state index contributed by atoms with van der Waals surface area (Å²) in [5, 5.41) is 16.1. The Kier molecular flexibility index (Phi) is 3.03. The standard InChI is InChI=1S/C18H17N2O2/c1-11-7-14-15-9-18(21)20(22)17(15)8-13(16(14)10-19-11)12-5-3-2-4-6-12/h2-6,8,11,19H,7,9-10H2,1H3/q-1. The molecular weight excluding hydrogens is 276 g/mol. The normalized spacial score (nSPS) is 20.0. The smallest absolute Gasteiger partial charge is 0.220 e. The van der Waals surface area contributed by atoms with Gasteiger partial charge in [-0.25, -0.2) is 0 Å². The summed E-state index contributed by atoms with van der Waals surface area (Å²) in [6.45, 7) is 2.91. The topological polar surface area (TPSA) is 55.4 Å². The SMILES string of the molecule is CC1Cc2c(c(-c3ccccc3)cc3c2CC(=O)N3[O-])CN1. The number of nitrogens with zero attached hydrogens (tertiary/aromatic N) is 1. The van der Waals surface area contributed by atoms with Crippen molar-refractivity contribution in [1.29, 1.82) is 0 Å². The van der Waals surface area contributed by atoms with Crippen LogP contribution in [-0.4, -0.2) is 11.9 Å². The lowest BCUT2D eigenvalue weighted by molar-refractivity contribution is -0.116. The van der Waals surface area contributed by atoms with E-state index in [2.05, 4.69) is 12.2 Å². The fraction of sp³-hybridized carbons (Fsp3) is 0.278. The number of anilines is 1. The first kappa shape index (κ1) is 13.5. The second kappa shape index (κ2) is 4.93. The Bertz CT molecular complexity index is 755. The van der Waals surface area contributed by atoms with Crippen LogP contribution in [0.25, 0.3) is 11.1 Å². The Hall–Kier alpha value is -2.17. The molecule has 112 valence electrons. The van der Waals surface area contributed by atoms with E-state index in [1.54, 1.807) is 0 Å². The Morgan fingerprint density at radius 2 is 1.95 bits per heavy atom. The Morgan fingerprint density at radius 3 is 2.73 bits per heavy atom. The van der Waals surface area contributed by atoms with Crippen molar-refractivity contribution in [2.45, 2.75) is 32.4 Å². The predicted molar refractivity (Wildman–Crippen MR) is 86.4 cm³/mol. The van der Waals surface area contributed by atoms with Crippen molar-refractivity contribution in [3.05, 3.63) is 58.3 Å². The molecule has 1 unspecified atom stereocenters. The molecule has 0 bridgehead atoms. The fourth-order valence-electron chi connectivity index (χ4n) is 3.52. The van der Waals surface area contributed by atoms with E-state index in [9.17, 15) is 10.0 Å². The Balaban J connectivity index is 1.97. The lowest BCUT2D eigenvalue weighted by atomic mass is 9.85. The number of hydroxylamine groups is 1. The molecule has 2 aliphatic rings. The molecule has 4 nitrogen and oxygen atoms in total. The third-order valence-corrected chi connectivity index (χ3v) is 4.64. The van der Waals surface area contributed by atoms with E-state index in [-0.39, 0.29) is 12.3 Å². The summed E-state index contributed by atoms with van der Waals surface area (Å²) in [5.74, 6) is -0.353. The highest BCUT2D eigenvalue weighted by Gasteiger charge is 2.30. The van der Waals surface area contributed by atoms with Gasteiger partial charge in [-0.1, -0.05) is 30.3 Å². The van der Waals surface area contributed by atoms with E-state index in [0.717, 1.165) is 29.7 Å². The molecule has 2 aromatic carbocycles. The molecule has 0 saturated carbocycles. The number of carbonyl (C=O) groups is 1. The largest absolute Gasteiger partial charge is 0.752 e. The Morgan fingerprint density at radius 1 is 1.18 bits per heavy atom. The van der Waals surface area contributed by atoms with Crippen molar-refractivity contribution >= 4 is 11.6 Å². The van der Waals surface area contributed by atoms with E-state index >= 15 is 0 Å². The van der Waals surface area contributed by atoms with Gasteiger partial charge in [0.15, 0.2) is 0 Å². The zero-order valence-electron chi connectivity index (χ0n) is 12.4. The molecule has 22 heavy (non-hydrogen) atoms. The van der Waals surface area contributed by atoms with Crippen molar-refractivity contribution in [3.8, 4) is 11.1 Å². The highest BCUT2D eigenvalue weighted by molar-refractivity contribution is 6.03. The van der Waals surface area contributed by atoms with Crippen LogP contribution in [0.4, 0.5) is 5.69 Å². The van der Waals surface area contributed by atoms with E-state index in [1.165, 1.54) is 11.1 Å². The van der Waals surface area contributed by atoms with Crippen LogP contribution in [0.5, 0.6) is 0 Å². The number of amides is 1. The van der Waals surface area contributed by atoms with Crippen molar-refractivity contribution in [1.82, 2.24) is 5.32 Å². The molecular formula is C18H17N2O2-. The van der Waals surface area contributed by atoms with Gasteiger partial charge in [-0.05, 0) is 47.2 Å². The van der Waals surface area contributed by atoms with Crippen LogP contribution in [0.2, 0.25) is 0 Å². The first-order valence-electron chi connectivity index (χ1n) is 7.61. The molecule has 0 radical (unpaired) electrons. The molecule has 4 rings (SSSR count). The third kappa shape index (κ3) is 1.95. The number of fused-ring (bicyclic) bond motifs is 3. The molecule has 1 amide bonds. The summed E-state index contributed by atoms with van der Waals surface area (Å²) in [4.78, 5) is 11.8. The van der Waals surface area contributed by atoms with Crippen LogP contribution >= 0.6 is 0 Å². The van der Waals surface area contributed by atoms with Crippen molar-refractivity contribution in [2.24, 2.45) is 0 Å². The van der Waals surface area contributed by atoms with Gasteiger partial charge >= 0.3 is 0 Å². The van der Waals surface area contributed by atoms with Crippen molar-refractivity contribution in [3.63, 3.8) is 0 Å². The summed E-state index contributed by atoms with van der Waals surface area (Å²) < 4.78 is 0. The number of hydrogen-bond acceptors (Lipinski definition) is 3. The first-order chi connectivity index (χ1) is 10.6. The van der Waals surface area contributed by atoms with Gasteiger partial charge in [-0.15, -0.1) is 0 Å². The molecule has 0 saturated heterocycles. The van der Waals surface area contributed by atoms with Crippen LogP contribution in [0, 0.1) is 5.21 Å². The summed E-state index contributed by atoms with van der Waals surface area (Å²) in [6, 6.07) is 12.3. The maximum Gasteiger partial charge on any atom is 0.220 e. The lowest BCUT2D eigenvalue weighted by Crippen LogP contribution is -2.33. The van der Waals surface area contributed by atoms with Crippen LogP contribution in [0.15, 0.2) is 36.4 Å². The third-order valence-electron chi connectivity index (χ3n) is 4.64. The summed E-state index contributed by atoms with van der Waals surface area (Å²) in [5.41, 5.74) is 6.04. The van der Waals surface area contributed by atoms with Gasteiger partial charge in [-0.2, -0.15) is 0 Å². The minimum Gasteiger partial charge on any atom is -0.752 e. The molecule has 0 aliphatic carbocycles. The second-order valence-corrected chi connectivity index (χ2v) is 6.10. The average molecular weight is 293 g/mol. The molecule has 2 heterocycles. The van der Waals surface area contributed by atoms with Gasteiger partial charge in [0.2, 0.25) is 5.91 Å². The van der Waals surface area contributed by atoms with Crippen LogP contribution < -0.4 is 10.4 Å². The van der Waals surface area contributed by atoms with Crippen molar-refractivity contribution < 1.29 is 4.79 Å². The van der Waals surface area contributed by atoms with Gasteiger partial charge in [-0.3, -0.25) is 4.79 Å². The van der Waals surface area contributed by atoms with E-state index in [4.69, 9.17) is 0 Å². The van der Waals surface area contributed by atoms with Gasteiger partial charge in [0.05, 0.1) is 6.42 Å². The molecule has 4 heteroatoms. The number of hydrogen-bond donors (Lipinski definition) is 1. The number of nitrogens with one attached hydrogen (secondary N) is 1. The van der Waals surface area contributed by atoms with Gasteiger partial charge in [0.25, 0.3) is 0 Å². The minimum atomic E-state index is -0.353. The second-order valence-electron chi connectivity index (χ2n) is 6.10. The zero-order valence-corrected chi connectivity index (χ0v) is 12.4. The quantitative estimate of drug-likeness (QED) is 0.879. The lowest BCUT2D eigenvalue weighted by Gasteiger charge is -2.30. The fourth-order valence-corrected chi connectivity index (χ4v) is 3.52. The van der Waals surface area contributed by atoms with Crippen molar-refractivity contribution in [2.75, 3.05) is 5.06 Å². The van der Waals surface area contributed by atoms with E-state index in [0.29, 0.717) is 16.8 Å². The molecule has 1 N–H and O–H groups in total. The van der Waals surface area contributed by atoms with Crippen LogP contribution in [0.3, 0.4) is 0 Å². The maximum atomic E-state index is 12.1. The highest BCUT2D eigenvalue weighted by Crippen LogP contribution is 2.40. The predicted octanol–water partition coefficient (Wildman–Crippen LogP) is 2.77. The highest BCUT2D eigenvalue weighted by atomic mass is 16.5. The molecule has 0 spiro atoms. The molecule has 2 aromatic rings. The molecule has 1 atom stereocenters. The number of rotatable bonds is 1. The minimum absolute atomic E-state index is 0.239. The van der Waals surface area contributed by atoms with Crippen LogP contribution in [0.1, 0.15) is 23.6 Å². The maximum absolute atomic E-state index is 12.1. The zero-order chi connectivity index (χ0) is 15.3. The van der Waals surface area contributed by atoms with E-state index < -0.39 is 0 Å². The first-order valence-corrected chi connectivity index (χ1v) is 7.61. The summed E-state index contributed by atoms with van der Waals surface area (Å²) >= 11 is 0. The van der Waals surface area contributed by atoms with Gasteiger partial charge < -0.3 is 15.6 Å². The molecule has 2 aliphatic heterocycles. The number of carbonyl (C=O) groups excluding carboxylic acids is 1. The number of benzene rings is 2. The van der Waals surface area contributed by atoms with E-state index in [1.807, 2.05) is 36.4 Å². The summed E-state index contributed by atoms with van der Waals surface area (Å²) in [6.07, 6.45) is 1.10. The van der Waals surface area contributed by atoms with Crippen LogP contribution in [-0.2, 0) is 24.2 Å². The average Bonchev–Trinajstić information content (AvgIpc) is 2.83. The summed E-state index contributed by atoms with van der Waals surface area (Å²) in [7, 11) is 0. The molecule has 0 fully saturated rings. The monoisotopic (exact) mass is 293 g/mol.